The zero-order chi connectivity index (χ0) is 24.4. The Morgan fingerprint density at radius 2 is 0.933 bits per heavy atom. The third kappa shape index (κ3) is 4.80. The number of hydrogen-bond acceptors (Lipinski definition) is 2. The lowest BCUT2D eigenvalue weighted by molar-refractivity contribution is -0.420. The quantitative estimate of drug-likeness (QED) is 0.468. The highest BCUT2D eigenvalue weighted by Gasteiger charge is 2.84. The average molecular weight is 492 g/mol. The summed E-state index contributed by atoms with van der Waals surface area (Å²) in [6, 6.07) is 0. The predicted molar refractivity (Wildman–Crippen MR) is 56.1 cm³/mol. The van der Waals surface area contributed by atoms with Gasteiger partial charge in [0.05, 0.1) is 0 Å². The Labute approximate surface area is 152 Å². The second-order valence-electron chi connectivity index (χ2n) is 5.80. The maximum absolute atomic E-state index is 14.4. The minimum Gasteiger partial charge on any atom is -0.351 e. The number of hydrogen-bond donors (Lipinski definition) is 0. The Hall–Kier alpha value is -1.27. The Bertz CT molecular complexity index is 585. The minimum atomic E-state index is -6.84. The molecule has 0 amide bonds. The van der Waals surface area contributed by atoms with E-state index < -0.39 is 67.1 Å². The van der Waals surface area contributed by atoms with Crippen LogP contribution in [0.3, 0.4) is 0 Å². The number of alkyl halides is 17. The van der Waals surface area contributed by atoms with Gasteiger partial charge in [0, 0.05) is 6.42 Å². The molecule has 0 radical (unpaired) electrons. The van der Waals surface area contributed by atoms with Crippen LogP contribution < -0.4 is 0 Å². The van der Waals surface area contributed by atoms with Gasteiger partial charge < -0.3 is 9.47 Å². The highest BCUT2D eigenvalue weighted by Crippen LogP contribution is 2.59. The topological polar surface area (TPSA) is 18.5 Å². The van der Waals surface area contributed by atoms with Crippen molar-refractivity contribution in [3.8, 4) is 0 Å². The van der Waals surface area contributed by atoms with E-state index in [0.29, 0.717) is 0 Å². The lowest BCUT2D eigenvalue weighted by atomic mass is 10.1. The van der Waals surface area contributed by atoms with Crippen molar-refractivity contribution in [1.29, 1.82) is 0 Å². The second-order valence-corrected chi connectivity index (χ2v) is 5.80. The number of rotatable bonds is 4. The van der Waals surface area contributed by atoms with Crippen molar-refractivity contribution in [2.24, 2.45) is 0 Å². The van der Waals surface area contributed by atoms with Gasteiger partial charge in [0.25, 0.3) is 6.10 Å². The van der Waals surface area contributed by atoms with Gasteiger partial charge in [-0.2, -0.15) is 70.2 Å². The highest BCUT2D eigenvalue weighted by atomic mass is 19.4. The van der Waals surface area contributed by atoms with E-state index in [-0.39, 0.29) is 0 Å². The van der Waals surface area contributed by atoms with Crippen molar-refractivity contribution < 1.29 is 84.1 Å². The molecule has 0 spiro atoms. The van der Waals surface area contributed by atoms with Crippen LogP contribution in [-0.4, -0.2) is 60.7 Å². The summed E-state index contributed by atoms with van der Waals surface area (Å²) in [5.41, 5.74) is 0. The molecule has 0 aliphatic heterocycles. The van der Waals surface area contributed by atoms with Gasteiger partial charge in [-0.05, 0) is 0 Å². The monoisotopic (exact) mass is 492 g/mol. The van der Waals surface area contributed by atoms with E-state index in [9.17, 15) is 74.6 Å². The van der Waals surface area contributed by atoms with Crippen molar-refractivity contribution in [3.63, 3.8) is 0 Å². The van der Waals surface area contributed by atoms with Crippen LogP contribution in [0.5, 0.6) is 0 Å². The van der Waals surface area contributed by atoms with Crippen LogP contribution in [-0.2, 0) is 9.47 Å². The van der Waals surface area contributed by atoms with E-state index >= 15 is 0 Å². The van der Waals surface area contributed by atoms with E-state index in [1.54, 1.807) is 0 Å². The fourth-order valence-corrected chi connectivity index (χ4v) is 2.22. The standard InChI is InChI=1S/C11H5F17O2/c12-5(13)1-2(29-3(7(15,16)17)8(18,19)20)6(14,11(5,27)28)30-4(9(21,22)23)10(24,25)26/h2-4H,1H2. The van der Waals surface area contributed by atoms with Crippen LogP contribution in [0, 0.1) is 0 Å². The molecule has 0 bridgehead atoms. The van der Waals surface area contributed by atoms with Crippen LogP contribution in [0.1, 0.15) is 6.42 Å². The van der Waals surface area contributed by atoms with Gasteiger partial charge in [-0.1, -0.05) is 0 Å². The Kier molecular flexibility index (Phi) is 6.36. The maximum Gasteiger partial charge on any atom is 0.423 e. The summed E-state index contributed by atoms with van der Waals surface area (Å²) in [6.45, 7) is 0. The van der Waals surface area contributed by atoms with Crippen molar-refractivity contribution in [3.05, 3.63) is 0 Å². The third-order valence-corrected chi connectivity index (χ3v) is 3.52. The Morgan fingerprint density at radius 3 is 1.23 bits per heavy atom. The van der Waals surface area contributed by atoms with Crippen molar-refractivity contribution in [2.75, 3.05) is 0 Å². The normalized spacial score (nSPS) is 27.9. The molecule has 1 aliphatic rings. The van der Waals surface area contributed by atoms with Crippen LogP contribution in [0.2, 0.25) is 0 Å². The molecule has 2 atom stereocenters. The SMILES string of the molecule is FC(F)(F)C(OC1CC(F)(F)C(F)(F)C1(F)OC(C(F)(F)F)C(F)(F)F)C(F)(F)F. The van der Waals surface area contributed by atoms with Crippen LogP contribution in [0.15, 0.2) is 0 Å². The molecule has 180 valence electrons. The Balaban J connectivity index is 3.55. The smallest absolute Gasteiger partial charge is 0.351 e. The van der Waals surface area contributed by atoms with Crippen molar-refractivity contribution in [2.45, 2.75) is 67.1 Å². The minimum absolute atomic E-state index is 2.41. The maximum atomic E-state index is 14.4. The lowest BCUT2D eigenvalue weighted by Crippen LogP contribution is -2.61. The van der Waals surface area contributed by atoms with E-state index in [2.05, 4.69) is 9.47 Å². The third-order valence-electron chi connectivity index (χ3n) is 3.52. The largest absolute Gasteiger partial charge is 0.423 e. The summed E-state index contributed by atoms with van der Waals surface area (Å²) >= 11 is 0. The van der Waals surface area contributed by atoms with Gasteiger partial charge in [-0.25, -0.2) is 4.39 Å². The summed E-state index contributed by atoms with van der Waals surface area (Å²) < 4.78 is 222. The molecule has 1 rings (SSSR count). The van der Waals surface area contributed by atoms with Gasteiger partial charge in [0.2, 0.25) is 6.10 Å². The summed E-state index contributed by atoms with van der Waals surface area (Å²) in [4.78, 5) is 0. The molecule has 0 aromatic carbocycles. The van der Waals surface area contributed by atoms with Crippen LogP contribution >= 0.6 is 0 Å². The average Bonchev–Trinajstić information content (AvgIpc) is 2.55. The lowest BCUT2D eigenvalue weighted by Gasteiger charge is -2.37. The Morgan fingerprint density at radius 1 is 0.600 bits per heavy atom. The summed E-state index contributed by atoms with van der Waals surface area (Å²) in [5, 5.41) is 0. The van der Waals surface area contributed by atoms with E-state index in [1.807, 2.05) is 0 Å². The molecule has 1 aliphatic carbocycles. The molecule has 19 heteroatoms. The molecular formula is C11H5F17O2. The zero-order valence-electron chi connectivity index (χ0n) is 13.2. The second kappa shape index (κ2) is 7.13. The first-order valence-corrected chi connectivity index (χ1v) is 6.83. The highest BCUT2D eigenvalue weighted by molar-refractivity contribution is 5.11. The molecule has 0 saturated heterocycles. The zero-order valence-corrected chi connectivity index (χ0v) is 13.2. The van der Waals surface area contributed by atoms with Gasteiger partial charge in [-0.3, -0.25) is 0 Å². The molecule has 2 unspecified atom stereocenters. The van der Waals surface area contributed by atoms with Crippen LogP contribution in [0.25, 0.3) is 0 Å². The number of ether oxygens (including phenoxy) is 2. The number of halogens is 17. The molecular weight excluding hydrogens is 487 g/mol. The molecule has 30 heavy (non-hydrogen) atoms. The van der Waals surface area contributed by atoms with Gasteiger partial charge >= 0.3 is 42.4 Å². The first-order chi connectivity index (χ1) is 12.8. The molecule has 0 N–H and O–H groups in total. The van der Waals surface area contributed by atoms with E-state index in [4.69, 9.17) is 0 Å². The first kappa shape index (κ1) is 26.8. The molecule has 0 heterocycles. The molecule has 0 aromatic rings. The fraction of sp³-hybridized carbons (Fsp3) is 1.00. The van der Waals surface area contributed by atoms with Gasteiger partial charge in [0.1, 0.15) is 6.10 Å². The van der Waals surface area contributed by atoms with Crippen molar-refractivity contribution in [1.82, 2.24) is 0 Å². The van der Waals surface area contributed by atoms with Crippen LogP contribution in [0.4, 0.5) is 74.6 Å². The van der Waals surface area contributed by atoms with Gasteiger partial charge in [-0.15, -0.1) is 0 Å². The molecule has 0 aromatic heterocycles. The summed E-state index contributed by atoms with van der Waals surface area (Å²) in [7, 11) is 0. The fourth-order valence-electron chi connectivity index (χ4n) is 2.22. The summed E-state index contributed by atoms with van der Waals surface area (Å²) in [6.07, 6.45) is -45.7. The molecule has 1 saturated carbocycles. The first-order valence-electron chi connectivity index (χ1n) is 6.83. The molecule has 2 nitrogen and oxygen atoms in total. The molecule has 1 fully saturated rings. The van der Waals surface area contributed by atoms with Crippen molar-refractivity contribution >= 4 is 0 Å². The van der Waals surface area contributed by atoms with E-state index in [1.165, 1.54) is 0 Å². The predicted octanol–water partition coefficient (Wildman–Crippen LogP) is 5.71. The van der Waals surface area contributed by atoms with E-state index in [0.717, 1.165) is 0 Å². The van der Waals surface area contributed by atoms with Gasteiger partial charge in [0.15, 0.2) is 0 Å². The summed E-state index contributed by atoms with van der Waals surface area (Å²) in [5.74, 6) is -19.2.